The third-order valence-corrected chi connectivity index (χ3v) is 4.42. The van der Waals surface area contributed by atoms with E-state index in [1.807, 2.05) is 0 Å². The molecule has 0 radical (unpaired) electrons. The van der Waals surface area contributed by atoms with Gasteiger partial charge in [-0.05, 0) is 36.5 Å². The van der Waals surface area contributed by atoms with E-state index in [1.165, 1.54) is 12.8 Å². The van der Waals surface area contributed by atoms with Crippen LogP contribution in [0.2, 0.25) is 0 Å². The van der Waals surface area contributed by atoms with Crippen molar-refractivity contribution in [3.05, 3.63) is 11.6 Å². The first-order chi connectivity index (χ1) is 6.11. The van der Waals surface area contributed by atoms with Crippen LogP contribution in [0.1, 0.15) is 33.6 Å². The normalized spacial score (nSPS) is 50.2. The van der Waals surface area contributed by atoms with Crippen LogP contribution in [0.15, 0.2) is 11.6 Å². The lowest BCUT2D eigenvalue weighted by Gasteiger charge is -2.25. The SMILES string of the molecule is CC1C2=CC(N)CCC2C(C)C1C. The van der Waals surface area contributed by atoms with Crippen molar-refractivity contribution in [2.45, 2.75) is 39.7 Å². The Balaban J connectivity index is 2.28. The van der Waals surface area contributed by atoms with E-state index in [9.17, 15) is 0 Å². The van der Waals surface area contributed by atoms with E-state index >= 15 is 0 Å². The van der Waals surface area contributed by atoms with Crippen LogP contribution >= 0.6 is 0 Å². The van der Waals surface area contributed by atoms with Gasteiger partial charge in [0.25, 0.3) is 0 Å². The summed E-state index contributed by atoms with van der Waals surface area (Å²) < 4.78 is 0. The molecule has 0 aromatic rings. The van der Waals surface area contributed by atoms with Crippen molar-refractivity contribution >= 4 is 0 Å². The summed E-state index contributed by atoms with van der Waals surface area (Å²) in [6, 6.07) is 0.339. The molecule has 0 saturated heterocycles. The Hall–Kier alpha value is -0.300. The molecule has 2 rings (SSSR count). The molecule has 74 valence electrons. The van der Waals surface area contributed by atoms with E-state index < -0.39 is 0 Å². The summed E-state index contributed by atoms with van der Waals surface area (Å²) in [7, 11) is 0. The zero-order valence-corrected chi connectivity index (χ0v) is 8.96. The van der Waals surface area contributed by atoms with E-state index in [1.54, 1.807) is 5.57 Å². The highest BCUT2D eigenvalue weighted by Crippen LogP contribution is 2.48. The molecular weight excluding hydrogens is 158 g/mol. The first kappa shape index (κ1) is 9.26. The van der Waals surface area contributed by atoms with Gasteiger partial charge in [-0.3, -0.25) is 0 Å². The van der Waals surface area contributed by atoms with Crippen LogP contribution in [0.5, 0.6) is 0 Å². The molecule has 0 aliphatic heterocycles. The summed E-state index contributed by atoms with van der Waals surface area (Å²) in [5, 5.41) is 0. The molecule has 0 spiro atoms. The summed E-state index contributed by atoms with van der Waals surface area (Å²) in [5.41, 5.74) is 7.63. The lowest BCUT2D eigenvalue weighted by Crippen LogP contribution is -2.25. The number of nitrogens with two attached hydrogens (primary N) is 1. The second kappa shape index (κ2) is 3.13. The van der Waals surface area contributed by atoms with E-state index in [2.05, 4.69) is 26.8 Å². The van der Waals surface area contributed by atoms with Crippen molar-refractivity contribution in [3.8, 4) is 0 Å². The third-order valence-electron chi connectivity index (χ3n) is 4.42. The number of hydrogen-bond acceptors (Lipinski definition) is 1. The third kappa shape index (κ3) is 1.34. The molecule has 0 amide bonds. The summed E-state index contributed by atoms with van der Waals surface area (Å²) in [5.74, 6) is 3.34. The van der Waals surface area contributed by atoms with Gasteiger partial charge >= 0.3 is 0 Å². The van der Waals surface area contributed by atoms with Gasteiger partial charge in [-0.25, -0.2) is 0 Å². The smallest absolute Gasteiger partial charge is 0.0226 e. The molecule has 2 aliphatic rings. The van der Waals surface area contributed by atoms with Crippen LogP contribution < -0.4 is 5.73 Å². The van der Waals surface area contributed by atoms with Gasteiger partial charge in [0.15, 0.2) is 0 Å². The maximum atomic E-state index is 5.97. The maximum absolute atomic E-state index is 5.97. The zero-order valence-electron chi connectivity index (χ0n) is 8.96. The Morgan fingerprint density at radius 2 is 1.85 bits per heavy atom. The van der Waals surface area contributed by atoms with Crippen molar-refractivity contribution in [3.63, 3.8) is 0 Å². The molecule has 0 bridgehead atoms. The molecule has 5 unspecified atom stereocenters. The molecular formula is C12H21N. The van der Waals surface area contributed by atoms with Gasteiger partial charge in [0.05, 0.1) is 0 Å². The highest BCUT2D eigenvalue weighted by molar-refractivity contribution is 5.23. The standard InChI is InChI=1S/C12H21N/c1-7-8(2)11-5-4-10(13)6-12(11)9(7)3/h6-11H,4-5,13H2,1-3H3. The van der Waals surface area contributed by atoms with E-state index in [4.69, 9.17) is 5.73 Å². The van der Waals surface area contributed by atoms with Gasteiger partial charge in [0.1, 0.15) is 0 Å². The van der Waals surface area contributed by atoms with Gasteiger partial charge < -0.3 is 5.73 Å². The summed E-state index contributed by atoms with van der Waals surface area (Å²) in [6.07, 6.45) is 4.86. The van der Waals surface area contributed by atoms with E-state index in [-0.39, 0.29) is 0 Å². The molecule has 1 fully saturated rings. The van der Waals surface area contributed by atoms with Crippen LogP contribution in [-0.4, -0.2) is 6.04 Å². The van der Waals surface area contributed by atoms with Crippen LogP contribution in [0.3, 0.4) is 0 Å². The Morgan fingerprint density at radius 1 is 1.15 bits per heavy atom. The maximum Gasteiger partial charge on any atom is 0.0226 e. The second-order valence-electron chi connectivity index (χ2n) is 5.02. The number of hydrogen-bond donors (Lipinski definition) is 1. The Bertz CT molecular complexity index is 231. The van der Waals surface area contributed by atoms with Crippen LogP contribution in [0.25, 0.3) is 0 Å². The molecule has 0 aromatic carbocycles. The first-order valence-electron chi connectivity index (χ1n) is 5.58. The average Bonchev–Trinajstić information content (AvgIpc) is 2.32. The van der Waals surface area contributed by atoms with Crippen molar-refractivity contribution in [1.29, 1.82) is 0 Å². The lowest BCUT2D eigenvalue weighted by molar-refractivity contribution is 0.322. The zero-order chi connectivity index (χ0) is 9.59. The van der Waals surface area contributed by atoms with Crippen molar-refractivity contribution in [2.75, 3.05) is 0 Å². The second-order valence-corrected chi connectivity index (χ2v) is 5.02. The van der Waals surface area contributed by atoms with E-state index in [0.29, 0.717) is 6.04 Å². The molecule has 1 saturated carbocycles. The monoisotopic (exact) mass is 179 g/mol. The Kier molecular flexibility index (Phi) is 2.23. The van der Waals surface area contributed by atoms with Gasteiger partial charge in [-0.1, -0.05) is 32.4 Å². The van der Waals surface area contributed by atoms with Crippen molar-refractivity contribution in [1.82, 2.24) is 0 Å². The van der Waals surface area contributed by atoms with Crippen molar-refractivity contribution < 1.29 is 0 Å². The lowest BCUT2D eigenvalue weighted by atomic mass is 9.82. The van der Waals surface area contributed by atoms with Crippen LogP contribution in [0, 0.1) is 23.7 Å². The molecule has 1 nitrogen and oxygen atoms in total. The minimum atomic E-state index is 0.339. The summed E-state index contributed by atoms with van der Waals surface area (Å²) in [4.78, 5) is 0. The number of rotatable bonds is 0. The van der Waals surface area contributed by atoms with Gasteiger partial charge in [-0.2, -0.15) is 0 Å². The largest absolute Gasteiger partial charge is 0.324 e. The van der Waals surface area contributed by atoms with Crippen LogP contribution in [-0.2, 0) is 0 Å². The molecule has 2 aliphatic carbocycles. The fourth-order valence-electron chi connectivity index (χ4n) is 3.17. The van der Waals surface area contributed by atoms with Crippen molar-refractivity contribution in [2.24, 2.45) is 29.4 Å². The number of fused-ring (bicyclic) bond motifs is 1. The molecule has 0 heterocycles. The average molecular weight is 179 g/mol. The Labute approximate surface area is 81.4 Å². The molecule has 2 N–H and O–H groups in total. The van der Waals surface area contributed by atoms with Gasteiger partial charge in [0.2, 0.25) is 0 Å². The highest BCUT2D eigenvalue weighted by Gasteiger charge is 2.40. The minimum Gasteiger partial charge on any atom is -0.324 e. The predicted molar refractivity (Wildman–Crippen MR) is 56.3 cm³/mol. The fraction of sp³-hybridized carbons (Fsp3) is 0.833. The van der Waals surface area contributed by atoms with Crippen LogP contribution in [0.4, 0.5) is 0 Å². The summed E-state index contributed by atoms with van der Waals surface area (Å²) in [6.45, 7) is 7.16. The molecule has 1 heteroatoms. The molecule has 0 aromatic heterocycles. The quantitative estimate of drug-likeness (QED) is 0.568. The predicted octanol–water partition coefficient (Wildman–Crippen LogP) is 2.57. The Morgan fingerprint density at radius 3 is 2.54 bits per heavy atom. The number of allylic oxidation sites excluding steroid dienone is 1. The fourth-order valence-corrected chi connectivity index (χ4v) is 3.17. The van der Waals surface area contributed by atoms with Gasteiger partial charge in [0, 0.05) is 6.04 Å². The summed E-state index contributed by atoms with van der Waals surface area (Å²) >= 11 is 0. The topological polar surface area (TPSA) is 26.0 Å². The first-order valence-corrected chi connectivity index (χ1v) is 5.58. The molecule has 13 heavy (non-hydrogen) atoms. The van der Waals surface area contributed by atoms with Gasteiger partial charge in [-0.15, -0.1) is 0 Å². The van der Waals surface area contributed by atoms with E-state index in [0.717, 1.165) is 23.7 Å². The minimum absolute atomic E-state index is 0.339. The highest BCUT2D eigenvalue weighted by atomic mass is 14.6. The molecule has 5 atom stereocenters.